The van der Waals surface area contributed by atoms with E-state index in [-0.39, 0.29) is 36.2 Å². The minimum atomic E-state index is -0.624. The van der Waals surface area contributed by atoms with E-state index in [0.29, 0.717) is 5.56 Å². The number of esters is 2. The topological polar surface area (TPSA) is 121 Å². The van der Waals surface area contributed by atoms with E-state index in [0.717, 1.165) is 29.0 Å². The highest BCUT2D eigenvalue weighted by atomic mass is 16.6. The molecule has 0 saturated heterocycles. The Morgan fingerprint density at radius 3 is 2.10 bits per heavy atom. The molecule has 0 aliphatic carbocycles. The molecule has 0 unspecified atom stereocenters. The lowest BCUT2D eigenvalue weighted by molar-refractivity contribution is -0.134. The van der Waals surface area contributed by atoms with Crippen LogP contribution >= 0.6 is 0 Å². The van der Waals surface area contributed by atoms with Crippen LogP contribution in [0.2, 0.25) is 0 Å². The third-order valence-electron chi connectivity index (χ3n) is 5.45. The third kappa shape index (κ3) is 7.20. The summed E-state index contributed by atoms with van der Waals surface area (Å²) in [6.07, 6.45) is 1.12. The zero-order valence-corrected chi connectivity index (χ0v) is 21.3. The zero-order chi connectivity index (χ0) is 27.8. The largest absolute Gasteiger partial charge is 0.481 e. The van der Waals surface area contributed by atoms with Gasteiger partial charge in [0.1, 0.15) is 6.61 Å². The summed E-state index contributed by atoms with van der Waals surface area (Å²) in [5.41, 5.74) is 2.93. The summed E-state index contributed by atoms with van der Waals surface area (Å²) in [6.45, 7) is 2.47. The fraction of sp³-hybridized carbons (Fsp3) is 0.133. The Labute approximate surface area is 223 Å². The summed E-state index contributed by atoms with van der Waals surface area (Å²) in [4.78, 5) is 48.2. The number of hydrogen-bond donors (Lipinski definition) is 1. The smallest absolute Gasteiger partial charge is 0.308 e. The lowest BCUT2D eigenvalue weighted by atomic mass is 10.0. The number of carbonyl (C=O) groups is 3. The number of ether oxygens (including phenoxy) is 3. The molecular formula is C30H25NO8. The predicted octanol–water partition coefficient (Wildman–Crippen LogP) is 4.67. The number of amides is 1. The van der Waals surface area contributed by atoms with Gasteiger partial charge in [0, 0.05) is 26.5 Å². The van der Waals surface area contributed by atoms with Gasteiger partial charge in [-0.15, -0.1) is 0 Å². The Bertz CT molecular complexity index is 1540. The van der Waals surface area contributed by atoms with Gasteiger partial charge in [0.15, 0.2) is 11.5 Å². The zero-order valence-electron chi connectivity index (χ0n) is 21.3. The van der Waals surface area contributed by atoms with Gasteiger partial charge in [-0.1, -0.05) is 60.7 Å². The van der Waals surface area contributed by atoms with E-state index < -0.39 is 23.3 Å². The van der Waals surface area contributed by atoms with Crippen molar-refractivity contribution in [2.24, 2.45) is 0 Å². The van der Waals surface area contributed by atoms with E-state index in [1.165, 1.54) is 26.0 Å². The van der Waals surface area contributed by atoms with Crippen molar-refractivity contribution in [1.82, 2.24) is 5.32 Å². The van der Waals surface area contributed by atoms with Crippen molar-refractivity contribution >= 4 is 17.8 Å². The number of hydrogen-bond acceptors (Lipinski definition) is 8. The molecule has 4 aromatic rings. The van der Waals surface area contributed by atoms with Crippen LogP contribution in [0.5, 0.6) is 17.2 Å². The van der Waals surface area contributed by atoms with Gasteiger partial charge < -0.3 is 23.9 Å². The van der Waals surface area contributed by atoms with E-state index >= 15 is 0 Å². The lowest BCUT2D eigenvalue weighted by Crippen LogP contribution is -2.25. The standard InChI is InChI=1S/C30H25NO8/c1-19(32)38-26-13-10-22(16-27(26)39-20(2)33)18-37-28-25(34)14-15-36-29(28)30(35)31-17-21-8-11-24(12-9-21)23-6-4-3-5-7-23/h3-16H,17-18H2,1-2H3,(H,31,35). The number of benzene rings is 3. The molecule has 1 heterocycles. The van der Waals surface area contributed by atoms with Crippen LogP contribution in [-0.4, -0.2) is 17.8 Å². The summed E-state index contributed by atoms with van der Waals surface area (Å²) >= 11 is 0. The highest BCUT2D eigenvalue weighted by molar-refractivity contribution is 5.93. The van der Waals surface area contributed by atoms with Crippen LogP contribution in [0.15, 0.2) is 94.3 Å². The van der Waals surface area contributed by atoms with Crippen molar-refractivity contribution < 1.29 is 33.0 Å². The molecule has 198 valence electrons. The van der Waals surface area contributed by atoms with Crippen LogP contribution in [0.3, 0.4) is 0 Å². The van der Waals surface area contributed by atoms with Gasteiger partial charge in [-0.25, -0.2) is 0 Å². The van der Waals surface area contributed by atoms with Crippen molar-refractivity contribution in [3.8, 4) is 28.4 Å². The van der Waals surface area contributed by atoms with Gasteiger partial charge in [-0.2, -0.15) is 0 Å². The molecule has 0 radical (unpaired) electrons. The average Bonchev–Trinajstić information content (AvgIpc) is 2.92. The number of nitrogens with one attached hydrogen (secondary N) is 1. The molecule has 0 spiro atoms. The molecule has 1 N–H and O–H groups in total. The van der Waals surface area contributed by atoms with Crippen molar-refractivity contribution in [3.05, 3.63) is 112 Å². The molecule has 1 amide bonds. The first-order valence-corrected chi connectivity index (χ1v) is 12.0. The molecule has 9 nitrogen and oxygen atoms in total. The van der Waals surface area contributed by atoms with Gasteiger partial charge >= 0.3 is 11.9 Å². The summed E-state index contributed by atoms with van der Waals surface area (Å²) in [6, 6.07) is 23.2. The molecule has 0 aliphatic rings. The second-order valence-corrected chi connectivity index (χ2v) is 8.45. The van der Waals surface area contributed by atoms with E-state index in [9.17, 15) is 19.2 Å². The summed E-state index contributed by atoms with van der Waals surface area (Å²) < 4.78 is 21.2. The SMILES string of the molecule is CC(=O)Oc1ccc(COc2c(C(=O)NCc3ccc(-c4ccccc4)cc3)occc2=O)cc1OC(C)=O. The van der Waals surface area contributed by atoms with Crippen molar-refractivity contribution in [3.63, 3.8) is 0 Å². The van der Waals surface area contributed by atoms with Gasteiger partial charge in [-0.3, -0.25) is 19.2 Å². The van der Waals surface area contributed by atoms with Gasteiger partial charge in [0.25, 0.3) is 5.91 Å². The minimum absolute atomic E-state index is 0.00939. The van der Waals surface area contributed by atoms with Crippen LogP contribution in [0, 0.1) is 0 Å². The Hall–Kier alpha value is -5.18. The monoisotopic (exact) mass is 527 g/mol. The van der Waals surface area contributed by atoms with Crippen molar-refractivity contribution in [2.45, 2.75) is 27.0 Å². The molecule has 0 bridgehead atoms. The number of rotatable bonds is 9. The quantitative estimate of drug-likeness (QED) is 0.246. The molecule has 3 aromatic carbocycles. The van der Waals surface area contributed by atoms with E-state index in [1.54, 1.807) is 6.07 Å². The maximum atomic E-state index is 12.9. The van der Waals surface area contributed by atoms with Crippen LogP contribution in [0.25, 0.3) is 11.1 Å². The van der Waals surface area contributed by atoms with Crippen LogP contribution in [0.1, 0.15) is 35.5 Å². The molecule has 1 aromatic heterocycles. The molecular weight excluding hydrogens is 502 g/mol. The molecule has 0 saturated carbocycles. The van der Waals surface area contributed by atoms with Crippen molar-refractivity contribution in [1.29, 1.82) is 0 Å². The highest BCUT2D eigenvalue weighted by Gasteiger charge is 2.20. The summed E-state index contributed by atoms with van der Waals surface area (Å²) in [5, 5.41) is 2.74. The van der Waals surface area contributed by atoms with E-state index in [2.05, 4.69) is 5.32 Å². The fourth-order valence-corrected chi connectivity index (χ4v) is 3.68. The van der Waals surface area contributed by atoms with Crippen LogP contribution in [0.4, 0.5) is 0 Å². The molecule has 0 aliphatic heterocycles. The second kappa shape index (κ2) is 12.4. The second-order valence-electron chi connectivity index (χ2n) is 8.45. The maximum absolute atomic E-state index is 12.9. The molecule has 0 fully saturated rings. The van der Waals surface area contributed by atoms with E-state index in [1.807, 2.05) is 54.6 Å². The van der Waals surface area contributed by atoms with Gasteiger partial charge in [0.2, 0.25) is 16.9 Å². The first-order valence-electron chi connectivity index (χ1n) is 12.0. The Balaban J connectivity index is 1.45. The number of carbonyl (C=O) groups excluding carboxylic acids is 3. The highest BCUT2D eigenvalue weighted by Crippen LogP contribution is 2.29. The lowest BCUT2D eigenvalue weighted by Gasteiger charge is -2.12. The van der Waals surface area contributed by atoms with Gasteiger partial charge in [0.05, 0.1) is 6.26 Å². The average molecular weight is 528 g/mol. The van der Waals surface area contributed by atoms with Crippen LogP contribution < -0.4 is 25.0 Å². The van der Waals surface area contributed by atoms with Gasteiger partial charge in [-0.05, 0) is 34.4 Å². The Morgan fingerprint density at radius 1 is 0.769 bits per heavy atom. The Kier molecular flexibility index (Phi) is 8.53. The fourth-order valence-electron chi connectivity index (χ4n) is 3.68. The van der Waals surface area contributed by atoms with E-state index in [4.69, 9.17) is 18.6 Å². The molecule has 39 heavy (non-hydrogen) atoms. The summed E-state index contributed by atoms with van der Waals surface area (Å²) in [5.74, 6) is -2.31. The first-order chi connectivity index (χ1) is 18.8. The third-order valence-corrected chi connectivity index (χ3v) is 5.45. The van der Waals surface area contributed by atoms with Crippen molar-refractivity contribution in [2.75, 3.05) is 0 Å². The maximum Gasteiger partial charge on any atom is 0.308 e. The Morgan fingerprint density at radius 2 is 1.41 bits per heavy atom. The van der Waals surface area contributed by atoms with Crippen LogP contribution in [-0.2, 0) is 22.7 Å². The minimum Gasteiger partial charge on any atom is -0.481 e. The molecule has 4 rings (SSSR count). The summed E-state index contributed by atoms with van der Waals surface area (Å²) in [7, 11) is 0. The molecule has 9 heteroatoms. The molecule has 0 atom stereocenters. The normalized spacial score (nSPS) is 10.4. The predicted molar refractivity (Wildman–Crippen MR) is 141 cm³/mol. The first kappa shape index (κ1) is 26.9.